The summed E-state index contributed by atoms with van der Waals surface area (Å²) in [6.07, 6.45) is 8.07. The highest BCUT2D eigenvalue weighted by Gasteiger charge is 2.40. The fraction of sp³-hybridized carbons (Fsp3) is 0.714. The van der Waals surface area contributed by atoms with Crippen LogP contribution < -0.4 is 9.80 Å². The summed E-state index contributed by atoms with van der Waals surface area (Å²) in [5.41, 5.74) is 2.04. The molecule has 0 aromatic carbocycles. The molecule has 2 saturated heterocycles. The lowest BCUT2D eigenvalue weighted by atomic mass is 10.1. The number of anilines is 2. The summed E-state index contributed by atoms with van der Waals surface area (Å²) in [6.45, 7) is 9.58. The number of rotatable bonds is 8. The third-order valence-electron chi connectivity index (χ3n) is 7.87. The van der Waals surface area contributed by atoms with Gasteiger partial charge < -0.3 is 19.3 Å². The molecule has 2 aromatic heterocycles. The summed E-state index contributed by atoms with van der Waals surface area (Å²) >= 11 is 13.3. The van der Waals surface area contributed by atoms with Gasteiger partial charge in [0.05, 0.1) is 10.6 Å². The molecule has 6 rings (SSSR count). The number of ether oxygens (including phenoxy) is 2. The van der Waals surface area contributed by atoms with Crippen LogP contribution in [0.15, 0.2) is 9.79 Å². The normalized spacial score (nSPS) is 20.8. The van der Waals surface area contributed by atoms with Gasteiger partial charge in [-0.3, -0.25) is 0 Å². The molecule has 13 heteroatoms. The van der Waals surface area contributed by atoms with Crippen LogP contribution in [0.4, 0.5) is 11.6 Å². The highest BCUT2D eigenvalue weighted by atomic mass is 35.5. The molecule has 226 valence electrons. The van der Waals surface area contributed by atoms with Gasteiger partial charge in [0.25, 0.3) is 4.90 Å². The third-order valence-corrected chi connectivity index (χ3v) is 10.8. The number of aryl methyl sites for hydroxylation is 2. The quantitative estimate of drug-likeness (QED) is 0.285. The molecule has 9 nitrogen and oxygen atoms in total. The van der Waals surface area contributed by atoms with Crippen molar-refractivity contribution in [1.29, 1.82) is 0 Å². The molecule has 0 saturated carbocycles. The van der Waals surface area contributed by atoms with Crippen molar-refractivity contribution >= 4 is 57.8 Å². The Kier molecular flexibility index (Phi) is 11.5. The van der Waals surface area contributed by atoms with Crippen molar-refractivity contribution in [2.45, 2.75) is 87.1 Å². The number of fused-ring (bicyclic) bond motifs is 2. The Morgan fingerprint density at radius 2 is 1.34 bits per heavy atom. The first-order valence-electron chi connectivity index (χ1n) is 14.8. The summed E-state index contributed by atoms with van der Waals surface area (Å²) in [7, 11) is 0. The van der Waals surface area contributed by atoms with E-state index in [1.54, 1.807) is 0 Å². The minimum absolute atomic E-state index is 0.288. The molecule has 0 amide bonds. The van der Waals surface area contributed by atoms with Crippen molar-refractivity contribution in [2.75, 3.05) is 60.8 Å². The first kappa shape index (κ1) is 31.3. The molecule has 1 N–H and O–H groups in total. The molecule has 1 atom stereocenters. The maximum absolute atomic E-state index is 10.3. The second-order valence-corrected chi connectivity index (χ2v) is 14.0. The summed E-state index contributed by atoms with van der Waals surface area (Å²) in [5.74, 6) is 3.73. The second kappa shape index (κ2) is 15.1. The zero-order chi connectivity index (χ0) is 28.8. The molecule has 0 bridgehead atoms. The van der Waals surface area contributed by atoms with Crippen LogP contribution in [0.25, 0.3) is 0 Å². The van der Waals surface area contributed by atoms with Gasteiger partial charge in [0.2, 0.25) is 10.6 Å². The third kappa shape index (κ3) is 7.53. The highest BCUT2D eigenvalue weighted by molar-refractivity contribution is 7.99. The zero-order valence-corrected chi connectivity index (χ0v) is 27.1. The number of halogens is 2. The maximum atomic E-state index is 10.3. The average molecular weight is 645 g/mol. The molecular formula is C28H41Cl2N6O3S2+. The van der Waals surface area contributed by atoms with E-state index in [1.807, 2.05) is 11.8 Å². The molecule has 6 heterocycles. The molecule has 4 aliphatic rings. The molecular weight excluding hydrogens is 603 g/mol. The van der Waals surface area contributed by atoms with Crippen molar-refractivity contribution in [1.82, 2.24) is 19.9 Å². The predicted molar refractivity (Wildman–Crippen MR) is 168 cm³/mol. The first-order valence-corrected chi connectivity index (χ1v) is 17.9. The van der Waals surface area contributed by atoms with E-state index in [0.29, 0.717) is 17.4 Å². The van der Waals surface area contributed by atoms with E-state index in [4.69, 9.17) is 32.7 Å². The van der Waals surface area contributed by atoms with Crippen LogP contribution in [0.1, 0.15) is 63.8 Å². The van der Waals surface area contributed by atoms with E-state index in [9.17, 15) is 4.55 Å². The summed E-state index contributed by atoms with van der Waals surface area (Å²) < 4.78 is 21.3. The van der Waals surface area contributed by atoms with Crippen molar-refractivity contribution in [3.63, 3.8) is 0 Å². The minimum atomic E-state index is -0.753. The van der Waals surface area contributed by atoms with Gasteiger partial charge in [0.1, 0.15) is 11.5 Å². The van der Waals surface area contributed by atoms with Gasteiger partial charge in [-0.1, -0.05) is 13.8 Å². The molecule has 1 unspecified atom stereocenters. The van der Waals surface area contributed by atoms with Crippen molar-refractivity contribution in [3.05, 3.63) is 22.0 Å². The standard InChI is InChI=1S/C14H21ClN3O2S.C14H20ClN3OS/c1-2-6-18(10-3-7-20-8-4-10)13-12-11(5-9-21(12)19)16-14(15)17-13;1-2-6-18(10-3-7-19-8-4-10)13-12-11(5-9-20-12)16-14(15)17-13/h10,19H,2-9H2,1H3;10H,2-9H2,1H3/q+1;. The Labute approximate surface area is 260 Å². The number of thioether (sulfide) groups is 1. The van der Waals surface area contributed by atoms with E-state index in [0.717, 1.165) is 130 Å². The van der Waals surface area contributed by atoms with E-state index < -0.39 is 11.2 Å². The smallest absolute Gasteiger partial charge is 0.253 e. The van der Waals surface area contributed by atoms with Crippen molar-refractivity contribution in [2.24, 2.45) is 0 Å². The predicted octanol–water partition coefficient (Wildman–Crippen LogP) is 5.71. The Morgan fingerprint density at radius 1 is 0.805 bits per heavy atom. The van der Waals surface area contributed by atoms with Gasteiger partial charge in [-0.05, 0) is 61.7 Å². The van der Waals surface area contributed by atoms with Gasteiger partial charge in [0, 0.05) is 70.2 Å². The summed E-state index contributed by atoms with van der Waals surface area (Å²) in [5, 5.41) is 0.672. The molecule has 41 heavy (non-hydrogen) atoms. The number of nitrogens with zero attached hydrogens (tertiary/aromatic N) is 6. The number of hydrogen-bond acceptors (Lipinski definition) is 10. The molecule has 0 spiro atoms. The van der Waals surface area contributed by atoms with E-state index in [2.05, 4.69) is 43.6 Å². The van der Waals surface area contributed by atoms with Crippen molar-refractivity contribution in [3.8, 4) is 0 Å². The van der Waals surface area contributed by atoms with Crippen LogP contribution in [-0.4, -0.2) is 87.6 Å². The number of aromatic nitrogens is 4. The second-order valence-electron chi connectivity index (χ2n) is 10.7. The minimum Gasteiger partial charge on any atom is -0.381 e. The van der Waals surface area contributed by atoms with Crippen LogP contribution in [-0.2, 0) is 33.5 Å². The van der Waals surface area contributed by atoms with Crippen LogP contribution in [0.2, 0.25) is 10.6 Å². The largest absolute Gasteiger partial charge is 0.381 e. The Morgan fingerprint density at radius 3 is 1.93 bits per heavy atom. The van der Waals surface area contributed by atoms with Crippen LogP contribution in [0.3, 0.4) is 0 Å². The topological polar surface area (TPSA) is 96.7 Å². The molecule has 0 aliphatic carbocycles. The zero-order valence-electron chi connectivity index (χ0n) is 24.0. The monoisotopic (exact) mass is 643 g/mol. The van der Waals surface area contributed by atoms with Gasteiger partial charge >= 0.3 is 0 Å². The lowest BCUT2D eigenvalue weighted by Crippen LogP contribution is -2.41. The number of hydrogen-bond donors (Lipinski definition) is 1. The molecule has 2 fully saturated rings. The van der Waals surface area contributed by atoms with Crippen molar-refractivity contribution < 1.29 is 14.0 Å². The fourth-order valence-corrected chi connectivity index (χ4v) is 8.82. The Balaban J connectivity index is 0.000000165. The van der Waals surface area contributed by atoms with Gasteiger partial charge in [-0.2, -0.15) is 14.5 Å². The average Bonchev–Trinajstić information content (AvgIpc) is 3.61. The lowest BCUT2D eigenvalue weighted by molar-refractivity contribution is 0.0840. The Hall–Kier alpha value is -1.08. The Bertz CT molecular complexity index is 1170. The molecule has 4 aliphatic heterocycles. The van der Waals surface area contributed by atoms with E-state index in [-0.39, 0.29) is 5.28 Å². The van der Waals surface area contributed by atoms with Crippen LogP contribution in [0, 0.1) is 0 Å². The highest BCUT2D eigenvalue weighted by Crippen LogP contribution is 2.39. The summed E-state index contributed by atoms with van der Waals surface area (Å²) in [4.78, 5) is 24.6. The van der Waals surface area contributed by atoms with E-state index in [1.165, 1.54) is 4.90 Å². The fourth-order valence-electron chi connectivity index (χ4n) is 5.97. The first-order chi connectivity index (χ1) is 20.0. The molecule has 2 aromatic rings. The van der Waals surface area contributed by atoms with Crippen LogP contribution in [0.5, 0.6) is 0 Å². The van der Waals surface area contributed by atoms with Gasteiger partial charge in [-0.15, -0.1) is 11.8 Å². The van der Waals surface area contributed by atoms with Crippen LogP contribution >= 0.6 is 35.0 Å². The van der Waals surface area contributed by atoms with Gasteiger partial charge in [-0.25, -0.2) is 9.97 Å². The molecule has 0 radical (unpaired) electrons. The maximum Gasteiger partial charge on any atom is 0.253 e. The van der Waals surface area contributed by atoms with E-state index >= 15 is 0 Å². The summed E-state index contributed by atoms with van der Waals surface area (Å²) in [6, 6.07) is 0.923. The van der Waals surface area contributed by atoms with Gasteiger partial charge in [0.15, 0.2) is 22.7 Å². The lowest BCUT2D eigenvalue weighted by Gasteiger charge is -2.35. The SMILES string of the molecule is CCCN(c1nc(Cl)nc2c1SCC2)C1CCOCC1.CCCN(c1nc(Cl)nc2c1[S+](O)CC2)C1CCOCC1.